The van der Waals surface area contributed by atoms with E-state index in [2.05, 4.69) is 6.07 Å². The fourth-order valence-corrected chi connectivity index (χ4v) is 3.68. The lowest BCUT2D eigenvalue weighted by molar-refractivity contribution is 0.302. The first-order chi connectivity index (χ1) is 12.3. The molecule has 0 aliphatic carbocycles. The molecule has 4 nitrogen and oxygen atoms in total. The summed E-state index contributed by atoms with van der Waals surface area (Å²) in [6.07, 6.45) is 0. The first-order valence-electron chi connectivity index (χ1n) is 8.44. The highest BCUT2D eigenvalue weighted by molar-refractivity contribution is 6.06. The van der Waals surface area contributed by atoms with Crippen LogP contribution in [0.1, 0.15) is 12.5 Å². The van der Waals surface area contributed by atoms with Gasteiger partial charge in [-0.2, -0.15) is 0 Å². The predicted octanol–water partition coefficient (Wildman–Crippen LogP) is 4.13. The Morgan fingerprint density at radius 2 is 1.96 bits per heavy atom. The van der Waals surface area contributed by atoms with E-state index in [0.717, 1.165) is 44.4 Å². The minimum Gasteiger partial charge on any atom is -0.488 e. The number of aromatic nitrogens is 2. The van der Waals surface area contributed by atoms with Crippen molar-refractivity contribution in [1.29, 1.82) is 0 Å². The Hall–Kier alpha value is -3.14. The van der Waals surface area contributed by atoms with E-state index in [1.165, 1.54) is 0 Å². The van der Waals surface area contributed by atoms with Crippen molar-refractivity contribution in [3.05, 3.63) is 70.5 Å². The van der Waals surface area contributed by atoms with E-state index in [9.17, 15) is 4.79 Å². The number of fused-ring (bicyclic) bond motifs is 6. The maximum absolute atomic E-state index is 12.1. The van der Waals surface area contributed by atoms with Crippen molar-refractivity contribution in [3.8, 4) is 17.0 Å². The lowest BCUT2D eigenvalue weighted by atomic mass is 9.99. The van der Waals surface area contributed by atoms with Gasteiger partial charge in [0.05, 0.1) is 16.7 Å². The largest absolute Gasteiger partial charge is 0.488 e. The van der Waals surface area contributed by atoms with Crippen LogP contribution in [0.4, 0.5) is 0 Å². The topological polar surface area (TPSA) is 44.1 Å². The Balaban J connectivity index is 1.86. The molecule has 2 aromatic carbocycles. The fraction of sp³-hybridized carbons (Fsp3) is 0.143. The van der Waals surface area contributed by atoms with E-state index in [1.54, 1.807) is 10.6 Å². The molecule has 3 heterocycles. The number of pyridine rings is 2. The summed E-state index contributed by atoms with van der Waals surface area (Å²) in [6.45, 7) is 3.15. The monoisotopic (exact) mass is 328 g/mol. The molecule has 4 heteroatoms. The minimum absolute atomic E-state index is 0.0255. The number of rotatable bonds is 1. The van der Waals surface area contributed by atoms with Crippen molar-refractivity contribution < 1.29 is 4.74 Å². The number of ether oxygens (including phenoxy) is 1. The Kier molecular flexibility index (Phi) is 2.95. The number of para-hydroxylation sites is 1. The molecular weight excluding hydrogens is 312 g/mol. The van der Waals surface area contributed by atoms with E-state index < -0.39 is 0 Å². The predicted molar refractivity (Wildman–Crippen MR) is 99.0 cm³/mol. The molecule has 1 aliphatic heterocycles. The van der Waals surface area contributed by atoms with Gasteiger partial charge < -0.3 is 9.30 Å². The Morgan fingerprint density at radius 3 is 2.84 bits per heavy atom. The molecule has 0 saturated carbocycles. The average molecular weight is 328 g/mol. The van der Waals surface area contributed by atoms with Crippen LogP contribution in [0.2, 0.25) is 0 Å². The van der Waals surface area contributed by atoms with E-state index in [0.29, 0.717) is 13.2 Å². The zero-order chi connectivity index (χ0) is 17.0. The zero-order valence-corrected chi connectivity index (χ0v) is 13.8. The zero-order valence-electron chi connectivity index (χ0n) is 13.8. The smallest absolute Gasteiger partial charge is 0.251 e. The number of benzene rings is 2. The van der Waals surface area contributed by atoms with Crippen LogP contribution >= 0.6 is 0 Å². The van der Waals surface area contributed by atoms with Gasteiger partial charge in [-0.1, -0.05) is 12.1 Å². The summed E-state index contributed by atoms with van der Waals surface area (Å²) in [4.78, 5) is 17.0. The average Bonchev–Trinajstić information content (AvgIpc) is 2.66. The second kappa shape index (κ2) is 5.18. The highest BCUT2D eigenvalue weighted by Gasteiger charge is 2.19. The van der Waals surface area contributed by atoms with Gasteiger partial charge in [-0.25, -0.2) is 4.98 Å². The summed E-state index contributed by atoms with van der Waals surface area (Å²) in [5.74, 6) is 0.877. The number of hydrogen-bond acceptors (Lipinski definition) is 3. The minimum atomic E-state index is 0.0255. The van der Waals surface area contributed by atoms with Crippen molar-refractivity contribution >= 4 is 21.8 Å². The molecule has 0 unspecified atom stereocenters. The van der Waals surface area contributed by atoms with Crippen molar-refractivity contribution in [2.75, 3.05) is 0 Å². The van der Waals surface area contributed by atoms with E-state index in [-0.39, 0.29) is 5.56 Å². The summed E-state index contributed by atoms with van der Waals surface area (Å²) in [5, 5.41) is 2.11. The first kappa shape index (κ1) is 14.2. The summed E-state index contributed by atoms with van der Waals surface area (Å²) in [7, 11) is 0. The van der Waals surface area contributed by atoms with Crippen LogP contribution in [0.5, 0.6) is 5.75 Å². The SMILES string of the molecule is CCn1c(=O)ccc2c3cc4c(nc3ccc21)-c1ccccc1OC4. The second-order valence-electron chi connectivity index (χ2n) is 6.26. The number of nitrogens with zero attached hydrogens (tertiary/aromatic N) is 2. The third-order valence-electron chi connectivity index (χ3n) is 4.89. The van der Waals surface area contributed by atoms with Gasteiger partial charge in [0.15, 0.2) is 0 Å². The van der Waals surface area contributed by atoms with Crippen LogP contribution < -0.4 is 10.3 Å². The van der Waals surface area contributed by atoms with Gasteiger partial charge in [-0.3, -0.25) is 4.79 Å². The third kappa shape index (κ3) is 2.00. The standard InChI is InChI=1S/C21H16N2O2/c1-2-23-18-9-8-17-16(14(18)7-10-20(23)24)11-13-12-25-19-6-4-3-5-15(19)21(13)22-17/h3-11H,2,12H2,1H3. The molecule has 25 heavy (non-hydrogen) atoms. The summed E-state index contributed by atoms with van der Waals surface area (Å²) < 4.78 is 7.67. The van der Waals surface area contributed by atoms with Gasteiger partial charge in [0.1, 0.15) is 12.4 Å². The molecule has 0 atom stereocenters. The van der Waals surface area contributed by atoms with E-state index in [4.69, 9.17) is 9.72 Å². The van der Waals surface area contributed by atoms with Crippen LogP contribution in [0.15, 0.2) is 59.4 Å². The van der Waals surface area contributed by atoms with Gasteiger partial charge >= 0.3 is 0 Å². The Bertz CT molecular complexity index is 1210. The quantitative estimate of drug-likeness (QED) is 0.494. The molecule has 0 radical (unpaired) electrons. The molecule has 0 fully saturated rings. The molecule has 0 spiro atoms. The molecule has 0 amide bonds. The van der Waals surface area contributed by atoms with E-state index >= 15 is 0 Å². The number of hydrogen-bond donors (Lipinski definition) is 0. The lowest BCUT2D eigenvalue weighted by Crippen LogP contribution is -2.18. The third-order valence-corrected chi connectivity index (χ3v) is 4.89. The highest BCUT2D eigenvalue weighted by atomic mass is 16.5. The second-order valence-corrected chi connectivity index (χ2v) is 6.26. The lowest BCUT2D eigenvalue weighted by Gasteiger charge is -2.21. The molecular formula is C21H16N2O2. The fourth-order valence-electron chi connectivity index (χ4n) is 3.68. The van der Waals surface area contributed by atoms with Crippen molar-refractivity contribution in [2.24, 2.45) is 0 Å². The number of aryl methyl sites for hydroxylation is 1. The van der Waals surface area contributed by atoms with Crippen LogP contribution in [0, 0.1) is 0 Å². The van der Waals surface area contributed by atoms with E-state index in [1.807, 2.05) is 49.4 Å². The Labute approximate surface area is 144 Å². The van der Waals surface area contributed by atoms with Crippen LogP contribution in [-0.4, -0.2) is 9.55 Å². The Morgan fingerprint density at radius 1 is 1.08 bits per heavy atom. The molecule has 0 bridgehead atoms. The maximum Gasteiger partial charge on any atom is 0.251 e. The summed E-state index contributed by atoms with van der Waals surface area (Å²) >= 11 is 0. The molecule has 0 N–H and O–H groups in total. The van der Waals surface area contributed by atoms with Crippen molar-refractivity contribution in [1.82, 2.24) is 9.55 Å². The van der Waals surface area contributed by atoms with Gasteiger partial charge in [-0.15, -0.1) is 0 Å². The van der Waals surface area contributed by atoms with Crippen LogP contribution in [0.25, 0.3) is 33.1 Å². The first-order valence-corrected chi connectivity index (χ1v) is 8.44. The highest BCUT2D eigenvalue weighted by Crippen LogP contribution is 2.38. The molecule has 5 rings (SSSR count). The summed E-state index contributed by atoms with van der Waals surface area (Å²) in [5.41, 5.74) is 5.00. The van der Waals surface area contributed by atoms with Crippen LogP contribution in [-0.2, 0) is 13.2 Å². The molecule has 2 aromatic heterocycles. The molecule has 0 saturated heterocycles. The van der Waals surface area contributed by atoms with Crippen molar-refractivity contribution in [2.45, 2.75) is 20.1 Å². The maximum atomic E-state index is 12.1. The van der Waals surface area contributed by atoms with Gasteiger partial charge in [0, 0.05) is 34.5 Å². The normalized spacial score (nSPS) is 12.7. The summed E-state index contributed by atoms with van der Waals surface area (Å²) in [6, 6.07) is 17.7. The van der Waals surface area contributed by atoms with Crippen LogP contribution in [0.3, 0.4) is 0 Å². The molecule has 122 valence electrons. The molecule has 4 aromatic rings. The van der Waals surface area contributed by atoms with Gasteiger partial charge in [0.2, 0.25) is 0 Å². The molecule has 1 aliphatic rings. The van der Waals surface area contributed by atoms with Gasteiger partial charge in [0.25, 0.3) is 5.56 Å². The van der Waals surface area contributed by atoms with Gasteiger partial charge in [-0.05, 0) is 43.3 Å². The van der Waals surface area contributed by atoms with Crippen molar-refractivity contribution in [3.63, 3.8) is 0 Å².